The van der Waals surface area contributed by atoms with Crippen LogP contribution < -0.4 is 4.74 Å². The van der Waals surface area contributed by atoms with E-state index in [2.05, 4.69) is 20.9 Å². The van der Waals surface area contributed by atoms with Gasteiger partial charge in [-0.3, -0.25) is 4.99 Å². The van der Waals surface area contributed by atoms with Crippen molar-refractivity contribution in [2.75, 3.05) is 12.3 Å². The van der Waals surface area contributed by atoms with E-state index < -0.39 is 0 Å². The van der Waals surface area contributed by atoms with Crippen molar-refractivity contribution in [1.29, 1.82) is 0 Å². The Bertz CT molecular complexity index is 698. The third-order valence-electron chi connectivity index (χ3n) is 3.13. The molecule has 1 aliphatic heterocycles. The molecule has 0 aliphatic carbocycles. The average Bonchev–Trinajstić information content (AvgIpc) is 3.02. The largest absolute Gasteiger partial charge is 0.486 e. The van der Waals surface area contributed by atoms with Gasteiger partial charge in [0.2, 0.25) is 0 Å². The first-order chi connectivity index (χ1) is 10.6. The highest BCUT2D eigenvalue weighted by molar-refractivity contribution is 9.10. The van der Waals surface area contributed by atoms with Crippen LogP contribution in [0, 0.1) is 5.82 Å². The maximum Gasteiger partial charge on any atom is 0.152 e. The van der Waals surface area contributed by atoms with Gasteiger partial charge in [-0.1, -0.05) is 23.7 Å². The molecule has 114 valence electrons. The third kappa shape index (κ3) is 3.65. The monoisotopic (exact) mass is 399 g/mol. The number of aliphatic imine (C=N–C) groups is 1. The van der Waals surface area contributed by atoms with E-state index in [1.54, 1.807) is 23.9 Å². The van der Waals surface area contributed by atoms with E-state index in [-0.39, 0.29) is 5.82 Å². The lowest BCUT2D eigenvalue weighted by Crippen LogP contribution is -1.99. The fourth-order valence-electron chi connectivity index (χ4n) is 2.07. The molecule has 0 bridgehead atoms. The smallest absolute Gasteiger partial charge is 0.152 e. The molecule has 0 saturated heterocycles. The summed E-state index contributed by atoms with van der Waals surface area (Å²) in [5.74, 6) is 1.33. The predicted octanol–water partition coefficient (Wildman–Crippen LogP) is 5.31. The van der Waals surface area contributed by atoms with Crippen LogP contribution in [-0.4, -0.2) is 17.3 Å². The summed E-state index contributed by atoms with van der Waals surface area (Å²) in [5, 5.41) is 1.54. The minimum absolute atomic E-state index is 0.262. The Morgan fingerprint density at radius 3 is 2.68 bits per heavy atom. The molecule has 0 unspecified atom stereocenters. The van der Waals surface area contributed by atoms with E-state index in [0.717, 1.165) is 32.9 Å². The van der Waals surface area contributed by atoms with Crippen molar-refractivity contribution in [3.05, 3.63) is 62.8 Å². The van der Waals surface area contributed by atoms with Crippen LogP contribution in [0.2, 0.25) is 5.02 Å². The molecule has 0 aromatic heterocycles. The summed E-state index contributed by atoms with van der Waals surface area (Å²) >= 11 is 11.5. The Labute approximate surface area is 145 Å². The minimum atomic E-state index is -0.262. The first-order valence-electron chi connectivity index (χ1n) is 6.67. The molecular weight excluding hydrogens is 389 g/mol. The summed E-state index contributed by atoms with van der Waals surface area (Å²) < 4.78 is 19.4. The highest BCUT2D eigenvalue weighted by Gasteiger charge is 2.15. The van der Waals surface area contributed by atoms with Crippen molar-refractivity contribution in [2.45, 2.75) is 6.61 Å². The molecule has 22 heavy (non-hydrogen) atoms. The molecule has 1 aliphatic rings. The summed E-state index contributed by atoms with van der Waals surface area (Å²) in [6, 6.07) is 10.0. The van der Waals surface area contributed by atoms with Gasteiger partial charge in [-0.15, -0.1) is 11.8 Å². The minimum Gasteiger partial charge on any atom is -0.486 e. The zero-order valence-corrected chi connectivity index (χ0v) is 14.6. The first kappa shape index (κ1) is 15.8. The Balaban J connectivity index is 1.77. The normalized spacial score (nSPS) is 14.0. The van der Waals surface area contributed by atoms with Gasteiger partial charge in [-0.05, 0) is 45.8 Å². The Morgan fingerprint density at radius 1 is 1.27 bits per heavy atom. The van der Waals surface area contributed by atoms with E-state index in [0.29, 0.717) is 17.4 Å². The van der Waals surface area contributed by atoms with Crippen LogP contribution in [0.1, 0.15) is 11.1 Å². The average molecular weight is 401 g/mol. The number of thioether (sulfide) groups is 1. The first-order valence-corrected chi connectivity index (χ1v) is 8.83. The topological polar surface area (TPSA) is 21.6 Å². The van der Waals surface area contributed by atoms with Crippen LogP contribution in [-0.2, 0) is 6.61 Å². The van der Waals surface area contributed by atoms with Crippen molar-refractivity contribution in [3.8, 4) is 5.75 Å². The van der Waals surface area contributed by atoms with Crippen molar-refractivity contribution in [1.82, 2.24) is 0 Å². The van der Waals surface area contributed by atoms with E-state index in [1.807, 2.05) is 12.1 Å². The second-order valence-electron chi connectivity index (χ2n) is 4.72. The Morgan fingerprint density at radius 2 is 2.05 bits per heavy atom. The maximum atomic E-state index is 12.9. The summed E-state index contributed by atoms with van der Waals surface area (Å²) in [7, 11) is 0. The molecular formula is C16H12BrClFNOS. The van der Waals surface area contributed by atoms with Crippen LogP contribution in [0.25, 0.3) is 0 Å². The molecule has 0 atom stereocenters. The zero-order valence-electron chi connectivity index (χ0n) is 11.5. The molecule has 1 heterocycles. The fraction of sp³-hybridized carbons (Fsp3) is 0.188. The van der Waals surface area contributed by atoms with Gasteiger partial charge < -0.3 is 4.74 Å². The number of benzene rings is 2. The van der Waals surface area contributed by atoms with Crippen molar-refractivity contribution >= 4 is 44.3 Å². The molecule has 6 heteroatoms. The second kappa shape index (κ2) is 7.02. The predicted molar refractivity (Wildman–Crippen MR) is 93.7 cm³/mol. The lowest BCUT2D eigenvalue weighted by atomic mass is 10.2. The quantitative estimate of drug-likeness (QED) is 0.693. The summed E-state index contributed by atoms with van der Waals surface area (Å²) in [6.45, 7) is 1.17. The van der Waals surface area contributed by atoms with Gasteiger partial charge >= 0.3 is 0 Å². The third-order valence-corrected chi connectivity index (χ3v) is 5.02. The number of ether oxygens (including phenoxy) is 1. The Kier molecular flexibility index (Phi) is 5.06. The lowest BCUT2D eigenvalue weighted by Gasteiger charge is -2.12. The molecule has 2 nitrogen and oxygen atoms in total. The Hall–Kier alpha value is -1.04. The van der Waals surface area contributed by atoms with E-state index >= 15 is 0 Å². The molecule has 0 N–H and O–H groups in total. The number of hydrogen-bond donors (Lipinski definition) is 0. The molecule has 2 aromatic rings. The van der Waals surface area contributed by atoms with E-state index in [1.165, 1.54) is 12.1 Å². The molecule has 0 amide bonds. The maximum absolute atomic E-state index is 12.9. The van der Waals surface area contributed by atoms with Gasteiger partial charge in [0, 0.05) is 17.9 Å². The summed E-state index contributed by atoms with van der Waals surface area (Å²) in [5.41, 5.74) is 1.87. The van der Waals surface area contributed by atoms with Crippen LogP contribution in [0.3, 0.4) is 0 Å². The highest BCUT2D eigenvalue weighted by Crippen LogP contribution is 2.36. The van der Waals surface area contributed by atoms with Crippen molar-refractivity contribution in [2.24, 2.45) is 4.99 Å². The van der Waals surface area contributed by atoms with Crippen LogP contribution in [0.4, 0.5) is 4.39 Å². The summed E-state index contributed by atoms with van der Waals surface area (Å²) in [6.07, 6.45) is 0. The molecule has 2 aromatic carbocycles. The molecule has 0 saturated carbocycles. The molecule has 0 spiro atoms. The van der Waals surface area contributed by atoms with Gasteiger partial charge in [0.25, 0.3) is 0 Å². The van der Waals surface area contributed by atoms with Gasteiger partial charge in [-0.2, -0.15) is 0 Å². The van der Waals surface area contributed by atoms with Crippen LogP contribution in [0.15, 0.2) is 45.9 Å². The molecule has 0 fully saturated rings. The van der Waals surface area contributed by atoms with Crippen molar-refractivity contribution in [3.63, 3.8) is 0 Å². The SMILES string of the molecule is Fc1ccc(COc2c(Cl)cc(C3=NCCS3)cc2Br)cc1. The second-order valence-corrected chi connectivity index (χ2v) is 7.06. The van der Waals surface area contributed by atoms with Crippen LogP contribution in [0.5, 0.6) is 5.75 Å². The number of rotatable bonds is 4. The van der Waals surface area contributed by atoms with Gasteiger partial charge in [-0.25, -0.2) is 4.39 Å². The van der Waals surface area contributed by atoms with Gasteiger partial charge in [0.1, 0.15) is 12.4 Å². The van der Waals surface area contributed by atoms with E-state index in [9.17, 15) is 4.39 Å². The van der Waals surface area contributed by atoms with Crippen molar-refractivity contribution < 1.29 is 9.13 Å². The lowest BCUT2D eigenvalue weighted by molar-refractivity contribution is 0.304. The van der Waals surface area contributed by atoms with Crippen LogP contribution >= 0.6 is 39.3 Å². The molecule has 3 rings (SSSR count). The van der Waals surface area contributed by atoms with Gasteiger partial charge in [0.15, 0.2) is 5.75 Å². The molecule has 0 radical (unpaired) electrons. The zero-order chi connectivity index (χ0) is 15.5. The van der Waals surface area contributed by atoms with Gasteiger partial charge in [0.05, 0.1) is 14.5 Å². The highest BCUT2D eigenvalue weighted by atomic mass is 79.9. The fourth-order valence-corrected chi connectivity index (χ4v) is 3.87. The summed E-state index contributed by atoms with van der Waals surface area (Å²) in [4.78, 5) is 4.44. The number of nitrogens with zero attached hydrogens (tertiary/aromatic N) is 1. The number of hydrogen-bond acceptors (Lipinski definition) is 3. The number of halogens is 3. The standard InChI is InChI=1S/C16H12BrClFNOS/c17-13-7-11(16-20-5-6-22-16)8-14(18)15(13)21-9-10-1-3-12(19)4-2-10/h1-4,7-8H,5-6,9H2. The van der Waals surface area contributed by atoms with E-state index in [4.69, 9.17) is 16.3 Å².